The van der Waals surface area contributed by atoms with Crippen LogP contribution >= 0.6 is 15.9 Å². The molecule has 0 bridgehead atoms. The van der Waals surface area contributed by atoms with Crippen LogP contribution in [0, 0.1) is 29.1 Å². The molecule has 0 N–H and O–H groups in total. The lowest BCUT2D eigenvalue weighted by Crippen LogP contribution is -2.31. The highest BCUT2D eigenvalue weighted by Gasteiger charge is 2.33. The van der Waals surface area contributed by atoms with Crippen LogP contribution in [0.5, 0.6) is 0 Å². The quantitative estimate of drug-likeness (QED) is 0.503. The van der Waals surface area contributed by atoms with E-state index in [-0.39, 0.29) is 17.8 Å². The maximum atomic E-state index is 13.2. The standard InChI is InChI=1S/C9H11BrFN/c1-6-2-3-9(11)7(4-10)8(6)5-12/h2-3,6-9H,4H2,1H3. The Balaban J connectivity index is 2.82. The molecule has 0 radical (unpaired) electrons. The first-order valence-corrected chi connectivity index (χ1v) is 5.10. The van der Waals surface area contributed by atoms with E-state index in [1.807, 2.05) is 6.92 Å². The summed E-state index contributed by atoms with van der Waals surface area (Å²) in [4.78, 5) is 0. The summed E-state index contributed by atoms with van der Waals surface area (Å²) in [6.07, 6.45) is 2.38. The number of allylic oxidation sites excluding steroid dienone is 2. The van der Waals surface area contributed by atoms with Gasteiger partial charge in [-0.15, -0.1) is 0 Å². The van der Waals surface area contributed by atoms with Gasteiger partial charge in [0.25, 0.3) is 0 Å². The Morgan fingerprint density at radius 3 is 2.67 bits per heavy atom. The molecule has 0 aliphatic heterocycles. The van der Waals surface area contributed by atoms with Crippen LogP contribution in [-0.4, -0.2) is 11.5 Å². The molecule has 0 amide bonds. The topological polar surface area (TPSA) is 23.8 Å². The van der Waals surface area contributed by atoms with Gasteiger partial charge in [-0.1, -0.05) is 35.0 Å². The summed E-state index contributed by atoms with van der Waals surface area (Å²) >= 11 is 3.24. The summed E-state index contributed by atoms with van der Waals surface area (Å²) in [7, 11) is 0. The Hall–Kier alpha value is -0.360. The highest BCUT2D eigenvalue weighted by Crippen LogP contribution is 2.32. The maximum absolute atomic E-state index is 13.2. The van der Waals surface area contributed by atoms with Crippen molar-refractivity contribution in [2.75, 3.05) is 5.33 Å². The molecule has 3 heteroatoms. The van der Waals surface area contributed by atoms with Gasteiger partial charge < -0.3 is 0 Å². The normalized spacial score (nSPS) is 40.8. The minimum atomic E-state index is -0.967. The lowest BCUT2D eigenvalue weighted by molar-refractivity contribution is 0.216. The van der Waals surface area contributed by atoms with Crippen molar-refractivity contribution < 1.29 is 4.39 Å². The summed E-state index contributed by atoms with van der Waals surface area (Å²) < 4.78 is 13.2. The van der Waals surface area contributed by atoms with E-state index in [0.717, 1.165) is 0 Å². The zero-order valence-corrected chi connectivity index (χ0v) is 8.46. The van der Waals surface area contributed by atoms with Crippen molar-refractivity contribution in [1.29, 1.82) is 5.26 Å². The summed E-state index contributed by atoms with van der Waals surface area (Å²) in [5, 5.41) is 9.37. The fourth-order valence-electron chi connectivity index (χ4n) is 1.53. The molecule has 0 spiro atoms. The van der Waals surface area contributed by atoms with E-state index in [0.29, 0.717) is 5.33 Å². The maximum Gasteiger partial charge on any atom is 0.123 e. The molecule has 0 saturated heterocycles. The largest absolute Gasteiger partial charge is 0.243 e. The van der Waals surface area contributed by atoms with E-state index >= 15 is 0 Å². The van der Waals surface area contributed by atoms with E-state index in [4.69, 9.17) is 5.26 Å². The molecule has 1 aliphatic rings. The average Bonchev–Trinajstić information content (AvgIpc) is 2.08. The van der Waals surface area contributed by atoms with Gasteiger partial charge in [-0.05, 0) is 5.92 Å². The SMILES string of the molecule is CC1C=CC(F)C(CBr)C1C#N. The Bertz CT molecular complexity index is 221. The third kappa shape index (κ3) is 1.69. The molecule has 1 aliphatic carbocycles. The highest BCUT2D eigenvalue weighted by molar-refractivity contribution is 9.09. The Kier molecular flexibility index (Phi) is 3.28. The zero-order valence-electron chi connectivity index (χ0n) is 6.87. The van der Waals surface area contributed by atoms with Crippen LogP contribution in [-0.2, 0) is 0 Å². The van der Waals surface area contributed by atoms with Crippen LogP contribution in [0.2, 0.25) is 0 Å². The van der Waals surface area contributed by atoms with Crippen molar-refractivity contribution in [3.8, 4) is 6.07 Å². The van der Waals surface area contributed by atoms with E-state index in [1.54, 1.807) is 12.2 Å². The van der Waals surface area contributed by atoms with Crippen LogP contribution in [0.3, 0.4) is 0 Å². The lowest BCUT2D eigenvalue weighted by atomic mass is 9.78. The number of hydrogen-bond acceptors (Lipinski definition) is 1. The summed E-state index contributed by atoms with van der Waals surface area (Å²) in [5.74, 6) is -0.205. The second-order valence-electron chi connectivity index (χ2n) is 3.16. The van der Waals surface area contributed by atoms with Gasteiger partial charge in [-0.2, -0.15) is 5.26 Å². The highest BCUT2D eigenvalue weighted by atomic mass is 79.9. The monoisotopic (exact) mass is 231 g/mol. The predicted molar refractivity (Wildman–Crippen MR) is 49.6 cm³/mol. The van der Waals surface area contributed by atoms with Gasteiger partial charge in [0.2, 0.25) is 0 Å². The second kappa shape index (κ2) is 4.04. The first kappa shape index (κ1) is 9.73. The smallest absolute Gasteiger partial charge is 0.123 e. The first-order chi connectivity index (χ1) is 5.70. The number of rotatable bonds is 1. The first-order valence-electron chi connectivity index (χ1n) is 3.98. The molecule has 0 aromatic heterocycles. The van der Waals surface area contributed by atoms with Crippen molar-refractivity contribution in [3.05, 3.63) is 12.2 Å². The van der Waals surface area contributed by atoms with Crippen molar-refractivity contribution in [2.24, 2.45) is 17.8 Å². The van der Waals surface area contributed by atoms with Crippen molar-refractivity contribution >= 4 is 15.9 Å². The van der Waals surface area contributed by atoms with Crippen molar-refractivity contribution in [1.82, 2.24) is 0 Å². The third-order valence-corrected chi connectivity index (χ3v) is 3.11. The number of nitrogens with zero attached hydrogens (tertiary/aromatic N) is 1. The minimum Gasteiger partial charge on any atom is -0.243 e. The van der Waals surface area contributed by atoms with E-state index in [9.17, 15) is 4.39 Å². The van der Waals surface area contributed by atoms with Crippen LogP contribution in [0.1, 0.15) is 6.92 Å². The van der Waals surface area contributed by atoms with Gasteiger partial charge in [0, 0.05) is 11.2 Å². The molecule has 1 nitrogen and oxygen atoms in total. The molecule has 0 aromatic carbocycles. The molecular weight excluding hydrogens is 221 g/mol. The molecule has 0 heterocycles. The molecule has 12 heavy (non-hydrogen) atoms. The molecule has 0 aromatic rings. The molecule has 4 unspecified atom stereocenters. The summed E-state index contributed by atoms with van der Waals surface area (Å²) in [5.41, 5.74) is 0. The summed E-state index contributed by atoms with van der Waals surface area (Å²) in [6.45, 7) is 1.95. The van der Waals surface area contributed by atoms with Crippen LogP contribution in [0.4, 0.5) is 4.39 Å². The fraction of sp³-hybridized carbons (Fsp3) is 0.667. The van der Waals surface area contributed by atoms with Gasteiger partial charge >= 0.3 is 0 Å². The molecular formula is C9H11BrFN. The van der Waals surface area contributed by atoms with Crippen LogP contribution < -0.4 is 0 Å². The zero-order chi connectivity index (χ0) is 9.14. The Labute approximate surface area is 80.4 Å². The fourth-order valence-corrected chi connectivity index (χ4v) is 2.29. The van der Waals surface area contributed by atoms with E-state index < -0.39 is 6.17 Å². The van der Waals surface area contributed by atoms with Gasteiger partial charge in [0.05, 0.1) is 12.0 Å². The van der Waals surface area contributed by atoms with E-state index in [1.165, 1.54) is 0 Å². The van der Waals surface area contributed by atoms with Gasteiger partial charge in [-0.25, -0.2) is 4.39 Å². The van der Waals surface area contributed by atoms with Gasteiger partial charge in [-0.3, -0.25) is 0 Å². The van der Waals surface area contributed by atoms with Gasteiger partial charge in [0.1, 0.15) is 6.17 Å². The minimum absolute atomic E-state index is 0.171. The Morgan fingerprint density at radius 2 is 2.25 bits per heavy atom. The van der Waals surface area contributed by atoms with E-state index in [2.05, 4.69) is 22.0 Å². The third-order valence-electron chi connectivity index (χ3n) is 2.36. The lowest BCUT2D eigenvalue weighted by Gasteiger charge is -2.29. The second-order valence-corrected chi connectivity index (χ2v) is 3.81. The Morgan fingerprint density at radius 1 is 1.58 bits per heavy atom. The number of nitriles is 1. The summed E-state index contributed by atoms with van der Waals surface area (Å²) in [6, 6.07) is 2.16. The van der Waals surface area contributed by atoms with Crippen LogP contribution in [0.25, 0.3) is 0 Å². The average molecular weight is 232 g/mol. The number of halogens is 2. The van der Waals surface area contributed by atoms with Crippen molar-refractivity contribution in [2.45, 2.75) is 13.1 Å². The molecule has 66 valence electrons. The van der Waals surface area contributed by atoms with Gasteiger partial charge in [0.15, 0.2) is 0 Å². The number of alkyl halides is 2. The molecule has 0 saturated carbocycles. The number of hydrogen-bond donors (Lipinski definition) is 0. The van der Waals surface area contributed by atoms with Crippen molar-refractivity contribution in [3.63, 3.8) is 0 Å². The van der Waals surface area contributed by atoms with Crippen LogP contribution in [0.15, 0.2) is 12.2 Å². The molecule has 0 fully saturated rings. The predicted octanol–water partition coefficient (Wildman–Crippen LogP) is 2.68. The molecule has 4 atom stereocenters. The molecule has 1 rings (SSSR count).